The van der Waals surface area contributed by atoms with Crippen LogP contribution in [0, 0.1) is 11.8 Å². The minimum Gasteiger partial charge on any atom is -0.369 e. The zero-order valence-corrected chi connectivity index (χ0v) is 17.7. The van der Waals surface area contributed by atoms with Gasteiger partial charge in [0.15, 0.2) is 11.3 Å². The van der Waals surface area contributed by atoms with Crippen molar-refractivity contribution in [3.05, 3.63) is 36.4 Å². The van der Waals surface area contributed by atoms with Gasteiger partial charge in [0.2, 0.25) is 0 Å². The van der Waals surface area contributed by atoms with Crippen LogP contribution in [-0.2, 0) is 12.7 Å². The highest BCUT2D eigenvalue weighted by Gasteiger charge is 2.48. The molecule has 2 aliphatic rings. The van der Waals surface area contributed by atoms with Crippen LogP contribution in [0.2, 0.25) is 0 Å². The standard InChI is InChI=1S/C21H22F5N7/c1-20(31-17-8-28-14-7-29-33(11-16(22)23)19(14)30-17)5-12-9-32(10-13(12)6-20)15-3-2-4-27-18(15)21(24,25)26/h2-4,7-8,12-13,16H,5-6,9-11H2,1H3,(H,30,31)/t12-,13+,20+. The number of alkyl halides is 5. The highest BCUT2D eigenvalue weighted by atomic mass is 19.4. The summed E-state index contributed by atoms with van der Waals surface area (Å²) >= 11 is 0. The maximum atomic E-state index is 13.4. The Kier molecular flexibility index (Phi) is 5.13. The maximum Gasteiger partial charge on any atom is 0.435 e. The van der Waals surface area contributed by atoms with E-state index >= 15 is 0 Å². The molecule has 1 N–H and O–H groups in total. The molecule has 3 aromatic heterocycles. The number of aromatic nitrogens is 5. The predicted molar refractivity (Wildman–Crippen MR) is 111 cm³/mol. The van der Waals surface area contributed by atoms with Gasteiger partial charge in [0.25, 0.3) is 6.43 Å². The van der Waals surface area contributed by atoms with E-state index < -0.39 is 24.8 Å². The summed E-state index contributed by atoms with van der Waals surface area (Å²) in [6, 6.07) is 3.00. The minimum absolute atomic E-state index is 0.123. The Labute approximate surface area is 186 Å². The van der Waals surface area contributed by atoms with Crippen LogP contribution >= 0.6 is 0 Å². The Morgan fingerprint density at radius 3 is 2.55 bits per heavy atom. The molecule has 176 valence electrons. The van der Waals surface area contributed by atoms with E-state index in [-0.39, 0.29) is 28.7 Å². The van der Waals surface area contributed by atoms with Crippen LogP contribution in [0.3, 0.4) is 0 Å². The summed E-state index contributed by atoms with van der Waals surface area (Å²) in [5, 5.41) is 7.31. The number of nitrogens with one attached hydrogen (secondary N) is 1. The third-order valence-electron chi connectivity index (χ3n) is 6.48. The molecule has 1 saturated heterocycles. The lowest BCUT2D eigenvalue weighted by Gasteiger charge is -2.30. The van der Waals surface area contributed by atoms with Gasteiger partial charge in [-0.3, -0.25) is 0 Å². The fourth-order valence-corrected chi connectivity index (χ4v) is 5.29. The van der Waals surface area contributed by atoms with Crippen LogP contribution in [0.5, 0.6) is 0 Å². The Hall–Kier alpha value is -3.05. The van der Waals surface area contributed by atoms with E-state index in [1.165, 1.54) is 18.3 Å². The van der Waals surface area contributed by atoms with Crippen molar-refractivity contribution in [2.75, 3.05) is 23.3 Å². The third kappa shape index (κ3) is 4.18. The van der Waals surface area contributed by atoms with Gasteiger partial charge in [-0.1, -0.05) is 0 Å². The second-order valence-electron chi connectivity index (χ2n) is 9.07. The summed E-state index contributed by atoms with van der Waals surface area (Å²) in [4.78, 5) is 14.1. The second-order valence-corrected chi connectivity index (χ2v) is 9.07. The molecule has 1 aliphatic carbocycles. The predicted octanol–water partition coefficient (Wildman–Crippen LogP) is 4.22. The number of pyridine rings is 1. The van der Waals surface area contributed by atoms with Gasteiger partial charge in [-0.25, -0.2) is 28.4 Å². The van der Waals surface area contributed by atoms with E-state index in [1.54, 1.807) is 11.1 Å². The van der Waals surface area contributed by atoms with Crippen LogP contribution in [0.1, 0.15) is 25.5 Å². The van der Waals surface area contributed by atoms with Gasteiger partial charge >= 0.3 is 6.18 Å². The number of rotatable bonds is 5. The lowest BCUT2D eigenvalue weighted by Crippen LogP contribution is -2.35. The molecule has 0 spiro atoms. The molecular weight excluding hydrogens is 445 g/mol. The van der Waals surface area contributed by atoms with Gasteiger partial charge < -0.3 is 10.2 Å². The second kappa shape index (κ2) is 7.77. The molecule has 1 saturated carbocycles. The van der Waals surface area contributed by atoms with Crippen molar-refractivity contribution < 1.29 is 22.0 Å². The number of halogens is 5. The van der Waals surface area contributed by atoms with Crippen LogP contribution in [-0.4, -0.2) is 49.8 Å². The molecule has 0 bridgehead atoms. The average Bonchev–Trinajstić information content (AvgIpc) is 3.38. The molecule has 3 atom stereocenters. The number of hydrogen-bond acceptors (Lipinski definition) is 6. The van der Waals surface area contributed by atoms with Crippen LogP contribution in [0.15, 0.2) is 30.7 Å². The molecule has 0 amide bonds. The first kappa shape index (κ1) is 21.8. The first-order valence-electron chi connectivity index (χ1n) is 10.6. The lowest BCUT2D eigenvalue weighted by molar-refractivity contribution is -0.140. The number of nitrogens with zero attached hydrogens (tertiary/aromatic N) is 6. The Bertz CT molecular complexity index is 1150. The molecular formula is C21H22F5N7. The Morgan fingerprint density at radius 2 is 1.88 bits per heavy atom. The number of fused-ring (bicyclic) bond motifs is 2. The van der Waals surface area contributed by atoms with Crippen molar-refractivity contribution in [3.8, 4) is 0 Å². The van der Waals surface area contributed by atoms with E-state index in [1.807, 2.05) is 6.92 Å². The van der Waals surface area contributed by atoms with Gasteiger partial charge in [-0.15, -0.1) is 0 Å². The maximum absolute atomic E-state index is 13.4. The zero-order valence-electron chi connectivity index (χ0n) is 17.7. The molecule has 5 rings (SSSR count). The van der Waals surface area contributed by atoms with Crippen molar-refractivity contribution in [1.29, 1.82) is 0 Å². The molecule has 1 aliphatic heterocycles. The van der Waals surface area contributed by atoms with Crippen molar-refractivity contribution >= 4 is 22.7 Å². The fraction of sp³-hybridized carbons (Fsp3) is 0.524. The molecule has 0 unspecified atom stereocenters. The normalized spacial score (nSPS) is 25.2. The summed E-state index contributed by atoms with van der Waals surface area (Å²) in [7, 11) is 0. The quantitative estimate of drug-likeness (QED) is 0.567. The largest absolute Gasteiger partial charge is 0.435 e. The highest BCUT2D eigenvalue weighted by molar-refractivity contribution is 5.71. The van der Waals surface area contributed by atoms with Crippen LogP contribution < -0.4 is 10.2 Å². The van der Waals surface area contributed by atoms with E-state index in [9.17, 15) is 22.0 Å². The van der Waals surface area contributed by atoms with Gasteiger partial charge in [0, 0.05) is 24.8 Å². The van der Waals surface area contributed by atoms with Crippen LogP contribution in [0.25, 0.3) is 11.2 Å². The first-order valence-corrected chi connectivity index (χ1v) is 10.6. The van der Waals surface area contributed by atoms with Gasteiger partial charge in [-0.05, 0) is 43.7 Å². The van der Waals surface area contributed by atoms with E-state index in [0.717, 1.165) is 23.7 Å². The minimum atomic E-state index is -4.50. The molecule has 0 aromatic carbocycles. The van der Waals surface area contributed by atoms with Crippen molar-refractivity contribution in [1.82, 2.24) is 24.7 Å². The summed E-state index contributed by atoms with van der Waals surface area (Å²) in [5.41, 5.74) is -0.349. The zero-order chi connectivity index (χ0) is 23.4. The van der Waals surface area contributed by atoms with Crippen molar-refractivity contribution in [2.24, 2.45) is 11.8 Å². The van der Waals surface area contributed by atoms with E-state index in [4.69, 9.17) is 0 Å². The van der Waals surface area contributed by atoms with Gasteiger partial charge in [0.1, 0.15) is 17.9 Å². The Morgan fingerprint density at radius 1 is 1.15 bits per heavy atom. The SMILES string of the molecule is C[C@@]1(Nc2cnc3cnn(CC(F)F)c3n2)C[C@H]2CN(c3cccnc3C(F)(F)F)C[C@H]2C1. The summed E-state index contributed by atoms with van der Waals surface area (Å²) in [6.07, 6.45) is -1.46. The fourth-order valence-electron chi connectivity index (χ4n) is 5.29. The molecule has 0 radical (unpaired) electrons. The molecule has 2 fully saturated rings. The third-order valence-corrected chi connectivity index (χ3v) is 6.48. The topological polar surface area (TPSA) is 71.8 Å². The molecule has 3 aromatic rings. The number of hydrogen-bond donors (Lipinski definition) is 1. The smallest absolute Gasteiger partial charge is 0.369 e. The van der Waals surface area contributed by atoms with Crippen LogP contribution in [0.4, 0.5) is 33.5 Å². The molecule has 33 heavy (non-hydrogen) atoms. The highest BCUT2D eigenvalue weighted by Crippen LogP contribution is 2.47. The molecule has 7 nitrogen and oxygen atoms in total. The van der Waals surface area contributed by atoms with E-state index in [0.29, 0.717) is 24.4 Å². The number of anilines is 2. The lowest BCUT2D eigenvalue weighted by atomic mass is 9.98. The van der Waals surface area contributed by atoms with Crippen molar-refractivity contribution in [2.45, 2.75) is 44.5 Å². The molecule has 12 heteroatoms. The first-order chi connectivity index (χ1) is 15.6. The van der Waals surface area contributed by atoms with Gasteiger partial charge in [0.05, 0.1) is 18.1 Å². The van der Waals surface area contributed by atoms with Gasteiger partial charge in [-0.2, -0.15) is 18.3 Å². The van der Waals surface area contributed by atoms with E-state index in [2.05, 4.69) is 25.4 Å². The molecule has 4 heterocycles. The Balaban J connectivity index is 1.30. The summed E-state index contributed by atoms with van der Waals surface area (Å²) in [5.74, 6) is 0.888. The summed E-state index contributed by atoms with van der Waals surface area (Å²) < 4.78 is 66.9. The summed E-state index contributed by atoms with van der Waals surface area (Å²) in [6.45, 7) is 2.52. The van der Waals surface area contributed by atoms with Crippen molar-refractivity contribution in [3.63, 3.8) is 0 Å². The monoisotopic (exact) mass is 467 g/mol. The average molecular weight is 467 g/mol.